The number of carbonyl (C=O) groups is 2. The second-order valence-corrected chi connectivity index (χ2v) is 7.12. The highest BCUT2D eigenvalue weighted by molar-refractivity contribution is 7.12. The topological polar surface area (TPSA) is 46.6 Å². The first-order valence-corrected chi connectivity index (χ1v) is 8.64. The summed E-state index contributed by atoms with van der Waals surface area (Å²) in [6.07, 6.45) is 1.32. The molecule has 1 spiro atoms. The van der Waals surface area contributed by atoms with Crippen molar-refractivity contribution in [1.82, 2.24) is 4.90 Å². The van der Waals surface area contributed by atoms with Crippen LogP contribution < -0.4 is 0 Å². The van der Waals surface area contributed by atoms with Crippen molar-refractivity contribution in [2.45, 2.75) is 25.4 Å². The van der Waals surface area contributed by atoms with Crippen molar-refractivity contribution in [3.63, 3.8) is 0 Å². The lowest BCUT2D eigenvalue weighted by atomic mass is 9.84. The predicted octanol–water partition coefficient (Wildman–Crippen LogP) is 3.36. The number of thiophene rings is 1. The number of amides is 1. The highest BCUT2D eigenvalue weighted by Gasteiger charge is 2.47. The summed E-state index contributed by atoms with van der Waals surface area (Å²) in [5.41, 5.74) is 2.21. The van der Waals surface area contributed by atoms with Gasteiger partial charge in [-0.05, 0) is 30.0 Å². The number of nitrogens with zero attached hydrogens (tertiary/aromatic N) is 1. The number of esters is 1. The van der Waals surface area contributed by atoms with Gasteiger partial charge >= 0.3 is 5.97 Å². The number of ether oxygens (including phenoxy) is 1. The van der Waals surface area contributed by atoms with Crippen molar-refractivity contribution in [3.05, 3.63) is 57.3 Å². The molecular formula is C18H17NO3S. The quantitative estimate of drug-likeness (QED) is 0.755. The molecule has 3 heterocycles. The molecule has 4 rings (SSSR count). The minimum absolute atomic E-state index is 0.0792. The highest BCUT2D eigenvalue weighted by atomic mass is 32.1. The number of piperidine rings is 1. The molecule has 0 radical (unpaired) electrons. The first-order chi connectivity index (χ1) is 11.1. The third-order valence-corrected chi connectivity index (χ3v) is 5.76. The smallest absolute Gasteiger partial charge is 0.339 e. The van der Waals surface area contributed by atoms with Crippen LogP contribution in [0.1, 0.15) is 44.0 Å². The predicted molar refractivity (Wildman–Crippen MR) is 87.7 cm³/mol. The van der Waals surface area contributed by atoms with Gasteiger partial charge in [-0.2, -0.15) is 0 Å². The van der Waals surface area contributed by atoms with Gasteiger partial charge in [0.2, 0.25) is 0 Å². The third-order valence-electron chi connectivity index (χ3n) is 4.73. The van der Waals surface area contributed by atoms with Crippen LogP contribution in [0.15, 0.2) is 35.7 Å². The van der Waals surface area contributed by atoms with Gasteiger partial charge in [0.1, 0.15) is 5.60 Å². The fraction of sp³-hybridized carbons (Fsp3) is 0.333. The number of benzene rings is 1. The molecule has 2 aromatic rings. The van der Waals surface area contributed by atoms with E-state index in [0.29, 0.717) is 31.5 Å². The van der Waals surface area contributed by atoms with Crippen LogP contribution in [0.25, 0.3) is 0 Å². The van der Waals surface area contributed by atoms with E-state index in [9.17, 15) is 9.59 Å². The van der Waals surface area contributed by atoms with Gasteiger partial charge < -0.3 is 9.64 Å². The largest absolute Gasteiger partial charge is 0.450 e. The van der Waals surface area contributed by atoms with Gasteiger partial charge in [0, 0.05) is 31.5 Å². The molecule has 4 nitrogen and oxygen atoms in total. The van der Waals surface area contributed by atoms with Crippen LogP contribution in [0.3, 0.4) is 0 Å². The Hall–Kier alpha value is -2.14. The van der Waals surface area contributed by atoms with E-state index in [1.807, 2.05) is 47.5 Å². The Morgan fingerprint density at radius 2 is 2.00 bits per heavy atom. The van der Waals surface area contributed by atoms with Crippen molar-refractivity contribution in [1.29, 1.82) is 0 Å². The first-order valence-electron chi connectivity index (χ1n) is 7.76. The van der Waals surface area contributed by atoms with E-state index in [1.54, 1.807) is 0 Å². The van der Waals surface area contributed by atoms with Gasteiger partial charge in [0.25, 0.3) is 5.91 Å². The van der Waals surface area contributed by atoms with E-state index in [-0.39, 0.29) is 11.9 Å². The standard InChI is InChI=1S/C18H17NO3S/c1-12-10-15(23-11-12)16(20)19-8-6-18(7-9-19)14-5-3-2-4-13(14)17(21)22-18/h2-5,10-11H,6-9H2,1H3. The molecule has 0 aliphatic carbocycles. The summed E-state index contributed by atoms with van der Waals surface area (Å²) in [6.45, 7) is 3.21. The Kier molecular flexibility index (Phi) is 3.27. The van der Waals surface area contributed by atoms with E-state index < -0.39 is 5.60 Å². The van der Waals surface area contributed by atoms with Crippen LogP contribution in [0.5, 0.6) is 0 Å². The molecule has 0 saturated carbocycles. The molecule has 1 saturated heterocycles. The maximum atomic E-state index is 12.6. The molecule has 5 heteroatoms. The van der Waals surface area contributed by atoms with Crippen molar-refractivity contribution >= 4 is 23.2 Å². The number of hydrogen-bond donors (Lipinski definition) is 0. The van der Waals surface area contributed by atoms with Crippen LogP contribution in [0.2, 0.25) is 0 Å². The van der Waals surface area contributed by atoms with Gasteiger partial charge in [-0.15, -0.1) is 11.3 Å². The van der Waals surface area contributed by atoms with Crippen molar-refractivity contribution < 1.29 is 14.3 Å². The van der Waals surface area contributed by atoms with Crippen LogP contribution in [0, 0.1) is 6.92 Å². The molecule has 0 unspecified atom stereocenters. The Balaban J connectivity index is 1.54. The number of carbonyl (C=O) groups excluding carboxylic acids is 2. The van der Waals surface area contributed by atoms with Crippen molar-refractivity contribution in [2.75, 3.05) is 13.1 Å². The zero-order chi connectivity index (χ0) is 16.0. The Bertz CT molecular complexity index is 787. The van der Waals surface area contributed by atoms with Crippen LogP contribution in [-0.2, 0) is 10.3 Å². The normalized spacial score (nSPS) is 18.8. The van der Waals surface area contributed by atoms with Crippen molar-refractivity contribution in [2.24, 2.45) is 0 Å². The molecule has 23 heavy (non-hydrogen) atoms. The maximum absolute atomic E-state index is 12.6. The van der Waals surface area contributed by atoms with Crippen LogP contribution in [0.4, 0.5) is 0 Å². The van der Waals surface area contributed by atoms with E-state index in [2.05, 4.69) is 0 Å². The summed E-state index contributed by atoms with van der Waals surface area (Å²) in [7, 11) is 0. The average molecular weight is 327 g/mol. The highest BCUT2D eigenvalue weighted by Crippen LogP contribution is 2.44. The van der Waals surface area contributed by atoms with Gasteiger partial charge in [0.15, 0.2) is 0 Å². The molecule has 0 N–H and O–H groups in total. The van der Waals surface area contributed by atoms with Gasteiger partial charge in [-0.1, -0.05) is 18.2 Å². The second-order valence-electron chi connectivity index (χ2n) is 6.21. The number of rotatable bonds is 1. The Labute approximate surface area is 138 Å². The Morgan fingerprint density at radius 3 is 2.70 bits per heavy atom. The lowest BCUT2D eigenvalue weighted by molar-refractivity contribution is -0.0389. The molecule has 0 bridgehead atoms. The fourth-order valence-corrected chi connectivity index (χ4v) is 4.35. The Morgan fingerprint density at radius 1 is 1.26 bits per heavy atom. The molecule has 2 aliphatic heterocycles. The maximum Gasteiger partial charge on any atom is 0.339 e. The SMILES string of the molecule is Cc1csc(C(=O)N2CCC3(CC2)OC(=O)c2ccccc23)c1. The number of likely N-dealkylation sites (tertiary alicyclic amines) is 1. The van der Waals surface area contributed by atoms with Crippen LogP contribution in [-0.4, -0.2) is 29.9 Å². The average Bonchev–Trinajstić information content (AvgIpc) is 3.11. The monoisotopic (exact) mass is 327 g/mol. The van der Waals surface area contributed by atoms with E-state index in [0.717, 1.165) is 16.0 Å². The molecule has 118 valence electrons. The van der Waals surface area contributed by atoms with Gasteiger partial charge in [-0.3, -0.25) is 4.79 Å². The fourth-order valence-electron chi connectivity index (χ4n) is 3.49. The molecule has 1 fully saturated rings. The van der Waals surface area contributed by atoms with Gasteiger partial charge in [-0.25, -0.2) is 4.79 Å². The summed E-state index contributed by atoms with van der Waals surface area (Å²) >= 11 is 1.49. The molecular weight excluding hydrogens is 310 g/mol. The molecule has 2 aliphatic rings. The molecule has 1 aromatic heterocycles. The van der Waals surface area contributed by atoms with Gasteiger partial charge in [0.05, 0.1) is 10.4 Å². The lowest BCUT2D eigenvalue weighted by Crippen LogP contribution is -2.45. The summed E-state index contributed by atoms with van der Waals surface area (Å²) < 4.78 is 5.72. The number of hydrogen-bond acceptors (Lipinski definition) is 4. The zero-order valence-electron chi connectivity index (χ0n) is 12.9. The van der Waals surface area contributed by atoms with E-state index in [4.69, 9.17) is 4.74 Å². The number of aryl methyl sites for hydroxylation is 1. The summed E-state index contributed by atoms with van der Waals surface area (Å²) in [6, 6.07) is 9.52. The van der Waals surface area contributed by atoms with Crippen molar-refractivity contribution in [3.8, 4) is 0 Å². The molecule has 0 atom stereocenters. The molecule has 1 amide bonds. The molecule has 1 aromatic carbocycles. The lowest BCUT2D eigenvalue weighted by Gasteiger charge is -2.38. The minimum atomic E-state index is -0.546. The summed E-state index contributed by atoms with van der Waals surface area (Å²) in [5.74, 6) is -0.162. The minimum Gasteiger partial charge on any atom is -0.450 e. The summed E-state index contributed by atoms with van der Waals surface area (Å²) in [4.78, 5) is 27.3. The first kappa shape index (κ1) is 14.5. The van der Waals surface area contributed by atoms with E-state index in [1.165, 1.54) is 11.3 Å². The number of fused-ring (bicyclic) bond motifs is 2. The van der Waals surface area contributed by atoms with Crippen LogP contribution >= 0.6 is 11.3 Å². The third kappa shape index (κ3) is 2.27. The second kappa shape index (κ2) is 5.20. The zero-order valence-corrected chi connectivity index (χ0v) is 13.7. The summed E-state index contributed by atoms with van der Waals surface area (Å²) in [5, 5.41) is 1.99. The van der Waals surface area contributed by atoms with E-state index >= 15 is 0 Å².